The van der Waals surface area contributed by atoms with Gasteiger partial charge in [0.15, 0.2) is 0 Å². The lowest BCUT2D eigenvalue weighted by atomic mass is 10.0. The maximum Gasteiger partial charge on any atom is 0.330 e. The van der Waals surface area contributed by atoms with E-state index in [1.54, 1.807) is 11.2 Å². The van der Waals surface area contributed by atoms with E-state index in [-0.39, 0.29) is 12.1 Å². The quantitative estimate of drug-likeness (QED) is 0.760. The van der Waals surface area contributed by atoms with E-state index in [0.717, 1.165) is 17.9 Å². The average Bonchev–Trinajstić information content (AvgIpc) is 3.11. The topological polar surface area (TPSA) is 36.7 Å². The Kier molecular flexibility index (Phi) is 4.48. The molecular formula is C18H20N2O2S. The van der Waals surface area contributed by atoms with Gasteiger partial charge >= 0.3 is 6.03 Å². The molecule has 0 spiro atoms. The van der Waals surface area contributed by atoms with Gasteiger partial charge in [-0.05, 0) is 36.6 Å². The normalized spacial score (nSPS) is 18.3. The molecule has 1 aliphatic heterocycles. The highest BCUT2D eigenvalue weighted by molar-refractivity contribution is 7.80. The zero-order chi connectivity index (χ0) is 16.4. The summed E-state index contributed by atoms with van der Waals surface area (Å²) in [7, 11) is 0. The molecule has 0 aliphatic carbocycles. The third kappa shape index (κ3) is 3.15. The zero-order valence-electron chi connectivity index (χ0n) is 13.3. The molecule has 1 fully saturated rings. The van der Waals surface area contributed by atoms with Gasteiger partial charge in [0.25, 0.3) is 0 Å². The number of rotatable bonds is 5. The van der Waals surface area contributed by atoms with Crippen molar-refractivity contribution in [1.82, 2.24) is 4.90 Å². The molecule has 120 valence electrons. The molecule has 1 aliphatic rings. The average molecular weight is 328 g/mol. The maximum atomic E-state index is 13.0. The Bertz CT molecular complexity index is 682. The molecule has 0 bridgehead atoms. The van der Waals surface area contributed by atoms with Crippen LogP contribution in [0, 0.1) is 5.92 Å². The van der Waals surface area contributed by atoms with Crippen LogP contribution in [-0.4, -0.2) is 22.0 Å². The van der Waals surface area contributed by atoms with Crippen molar-refractivity contribution in [2.45, 2.75) is 32.9 Å². The van der Waals surface area contributed by atoms with Crippen LogP contribution >= 0.6 is 12.2 Å². The maximum absolute atomic E-state index is 13.0. The highest BCUT2D eigenvalue weighted by atomic mass is 32.1. The van der Waals surface area contributed by atoms with Crippen LogP contribution in [0.25, 0.3) is 0 Å². The highest BCUT2D eigenvalue weighted by Gasteiger charge is 2.43. The van der Waals surface area contributed by atoms with Crippen molar-refractivity contribution in [2.75, 3.05) is 4.90 Å². The first-order chi connectivity index (χ1) is 11.1. The van der Waals surface area contributed by atoms with Crippen LogP contribution in [0.3, 0.4) is 0 Å². The summed E-state index contributed by atoms with van der Waals surface area (Å²) in [6.45, 7) is 4.72. The van der Waals surface area contributed by atoms with E-state index in [1.807, 2.05) is 47.4 Å². The van der Waals surface area contributed by atoms with E-state index in [2.05, 4.69) is 13.8 Å². The smallest absolute Gasteiger partial charge is 0.330 e. The van der Waals surface area contributed by atoms with Crippen molar-refractivity contribution < 1.29 is 9.21 Å². The van der Waals surface area contributed by atoms with E-state index >= 15 is 0 Å². The summed E-state index contributed by atoms with van der Waals surface area (Å²) < 4.78 is 5.42. The fourth-order valence-electron chi connectivity index (χ4n) is 2.88. The summed E-state index contributed by atoms with van der Waals surface area (Å²) in [6.07, 6.45) is 2.47. The first-order valence-electron chi connectivity index (χ1n) is 7.80. The Balaban J connectivity index is 1.92. The summed E-state index contributed by atoms with van der Waals surface area (Å²) >= 11 is 5.64. The molecule has 4 nitrogen and oxygen atoms in total. The predicted octanol–water partition coefficient (Wildman–Crippen LogP) is 4.46. The molecule has 1 atom stereocenters. The van der Waals surface area contributed by atoms with Crippen molar-refractivity contribution in [3.8, 4) is 0 Å². The molecule has 2 heterocycles. The number of thiocarbonyl (C=S) groups is 1. The second kappa shape index (κ2) is 6.54. The van der Waals surface area contributed by atoms with Gasteiger partial charge in [0.2, 0.25) is 0 Å². The van der Waals surface area contributed by atoms with Crippen molar-refractivity contribution in [1.29, 1.82) is 0 Å². The molecule has 2 aromatic rings. The fourth-order valence-corrected chi connectivity index (χ4v) is 3.28. The van der Waals surface area contributed by atoms with Gasteiger partial charge in [0.1, 0.15) is 10.7 Å². The first-order valence-corrected chi connectivity index (χ1v) is 8.20. The van der Waals surface area contributed by atoms with Crippen molar-refractivity contribution in [3.05, 3.63) is 54.5 Å². The van der Waals surface area contributed by atoms with Gasteiger partial charge < -0.3 is 9.32 Å². The second-order valence-electron chi connectivity index (χ2n) is 6.14. The number of amides is 2. The minimum atomic E-state index is -0.0807. The number of anilines is 1. The van der Waals surface area contributed by atoms with Crippen LogP contribution < -0.4 is 4.90 Å². The molecule has 1 saturated heterocycles. The van der Waals surface area contributed by atoms with Crippen LogP contribution in [0.5, 0.6) is 0 Å². The van der Waals surface area contributed by atoms with Gasteiger partial charge in [-0.3, -0.25) is 4.90 Å². The standard InChI is InChI=1S/C18H20N2O2S/c1-13(2)11-16-17(23)20(14-7-4-3-5-8-14)18(21)19(16)12-15-9-6-10-22-15/h3-10,13,16H,11-12H2,1-2H3/t16-/m1/s1. The van der Waals surface area contributed by atoms with Crippen molar-refractivity contribution in [3.63, 3.8) is 0 Å². The van der Waals surface area contributed by atoms with Crippen LogP contribution in [0.4, 0.5) is 10.5 Å². The summed E-state index contributed by atoms with van der Waals surface area (Å²) in [5, 5.41) is 0. The molecule has 1 aromatic heterocycles. The molecule has 3 rings (SSSR count). The van der Waals surface area contributed by atoms with E-state index in [4.69, 9.17) is 16.6 Å². The number of hydrogen-bond donors (Lipinski definition) is 0. The number of carbonyl (C=O) groups is 1. The third-order valence-corrected chi connectivity index (χ3v) is 4.39. The molecular weight excluding hydrogens is 308 g/mol. The van der Waals surface area contributed by atoms with Gasteiger partial charge in [-0.1, -0.05) is 44.3 Å². The summed E-state index contributed by atoms with van der Waals surface area (Å²) in [5.41, 5.74) is 0.818. The Labute approximate surface area is 141 Å². The first kappa shape index (κ1) is 15.7. The largest absolute Gasteiger partial charge is 0.467 e. The minimum absolute atomic E-state index is 0.0803. The lowest BCUT2D eigenvalue weighted by molar-refractivity contribution is 0.194. The van der Waals surface area contributed by atoms with Crippen LogP contribution in [-0.2, 0) is 6.54 Å². The fraction of sp³-hybridized carbons (Fsp3) is 0.333. The predicted molar refractivity (Wildman–Crippen MR) is 94.4 cm³/mol. The zero-order valence-corrected chi connectivity index (χ0v) is 14.1. The van der Waals surface area contributed by atoms with Gasteiger partial charge in [-0.2, -0.15) is 0 Å². The number of nitrogens with zero attached hydrogens (tertiary/aromatic N) is 2. The van der Waals surface area contributed by atoms with E-state index in [1.165, 1.54) is 0 Å². The van der Waals surface area contributed by atoms with Gasteiger partial charge in [0.05, 0.1) is 24.5 Å². The highest BCUT2D eigenvalue weighted by Crippen LogP contribution is 2.30. The molecule has 0 unspecified atom stereocenters. The van der Waals surface area contributed by atoms with E-state index in [9.17, 15) is 4.79 Å². The Morgan fingerprint density at radius 1 is 1.17 bits per heavy atom. The third-order valence-electron chi connectivity index (χ3n) is 3.93. The Morgan fingerprint density at radius 2 is 1.91 bits per heavy atom. The molecule has 0 N–H and O–H groups in total. The number of furan rings is 1. The van der Waals surface area contributed by atoms with Crippen LogP contribution in [0.1, 0.15) is 26.0 Å². The molecule has 0 saturated carbocycles. The number of hydrogen-bond acceptors (Lipinski definition) is 3. The number of para-hydroxylation sites is 1. The number of urea groups is 1. The molecule has 1 aromatic carbocycles. The molecule has 23 heavy (non-hydrogen) atoms. The van der Waals surface area contributed by atoms with Crippen molar-refractivity contribution in [2.24, 2.45) is 5.92 Å². The molecule has 5 heteroatoms. The minimum Gasteiger partial charge on any atom is -0.467 e. The summed E-state index contributed by atoms with van der Waals surface area (Å²) in [4.78, 5) is 17.1. The van der Waals surface area contributed by atoms with Gasteiger partial charge in [0, 0.05) is 0 Å². The Morgan fingerprint density at radius 3 is 2.52 bits per heavy atom. The monoisotopic (exact) mass is 328 g/mol. The SMILES string of the molecule is CC(C)C[C@@H]1C(=S)N(c2ccccc2)C(=O)N1Cc1ccco1. The lowest BCUT2D eigenvalue weighted by Crippen LogP contribution is -2.35. The molecule has 0 radical (unpaired) electrons. The second-order valence-corrected chi connectivity index (χ2v) is 6.56. The number of benzene rings is 1. The summed E-state index contributed by atoms with van der Waals surface area (Å²) in [6, 6.07) is 13.1. The van der Waals surface area contributed by atoms with Gasteiger partial charge in [-0.15, -0.1) is 0 Å². The van der Waals surface area contributed by atoms with E-state index in [0.29, 0.717) is 17.5 Å². The lowest BCUT2D eigenvalue weighted by Gasteiger charge is -2.23. The van der Waals surface area contributed by atoms with E-state index < -0.39 is 0 Å². The Hall–Kier alpha value is -2.14. The van der Waals surface area contributed by atoms with Gasteiger partial charge in [-0.25, -0.2) is 4.79 Å². The summed E-state index contributed by atoms with van der Waals surface area (Å²) in [5.74, 6) is 1.21. The van der Waals surface area contributed by atoms with Crippen molar-refractivity contribution >= 4 is 28.9 Å². The van der Waals surface area contributed by atoms with Crippen LogP contribution in [0.15, 0.2) is 53.1 Å². The molecule has 2 amide bonds. The van der Waals surface area contributed by atoms with Crippen LogP contribution in [0.2, 0.25) is 0 Å². The number of carbonyl (C=O) groups excluding carboxylic acids is 1.